The number of rotatable bonds is 7. The Hall–Kier alpha value is -2.62. The van der Waals surface area contributed by atoms with E-state index in [1.807, 2.05) is 19.9 Å². The Kier molecular flexibility index (Phi) is 7.19. The van der Waals surface area contributed by atoms with Crippen LogP contribution in [0.2, 0.25) is 0 Å². The topological polar surface area (TPSA) is 92.8 Å². The van der Waals surface area contributed by atoms with E-state index in [-0.39, 0.29) is 50.6 Å². The van der Waals surface area contributed by atoms with Gasteiger partial charge in [0.05, 0.1) is 13.2 Å². The van der Waals surface area contributed by atoms with Gasteiger partial charge in [0.2, 0.25) is 15.9 Å². The molecule has 1 N–H and O–H groups in total. The van der Waals surface area contributed by atoms with E-state index in [9.17, 15) is 22.4 Å². The Morgan fingerprint density at radius 3 is 2.42 bits per heavy atom. The van der Waals surface area contributed by atoms with Gasteiger partial charge >= 0.3 is 0 Å². The van der Waals surface area contributed by atoms with Crippen molar-refractivity contribution in [3.8, 4) is 0 Å². The number of carbonyl (C=O) groups excluding carboxylic acids is 2. The molecule has 1 amide bonds. The zero-order valence-electron chi connectivity index (χ0n) is 17.5. The van der Waals surface area contributed by atoms with E-state index in [1.54, 1.807) is 12.1 Å². The van der Waals surface area contributed by atoms with Crippen molar-refractivity contribution in [2.45, 2.75) is 31.6 Å². The number of aryl methyl sites for hydroxylation is 2. The molecule has 0 aromatic heterocycles. The Bertz CT molecular complexity index is 1100. The van der Waals surface area contributed by atoms with Crippen LogP contribution in [0.15, 0.2) is 41.3 Å². The summed E-state index contributed by atoms with van der Waals surface area (Å²) in [5.41, 5.74) is 2.76. The monoisotopic (exact) mass is 448 g/mol. The first-order valence-electron chi connectivity index (χ1n) is 9.96. The number of anilines is 1. The van der Waals surface area contributed by atoms with E-state index >= 15 is 0 Å². The molecule has 1 aliphatic rings. The third-order valence-corrected chi connectivity index (χ3v) is 7.12. The summed E-state index contributed by atoms with van der Waals surface area (Å²) >= 11 is 0. The Morgan fingerprint density at radius 1 is 1.03 bits per heavy atom. The van der Waals surface area contributed by atoms with Crippen LogP contribution < -0.4 is 5.32 Å². The largest absolute Gasteiger partial charge is 0.379 e. The lowest BCUT2D eigenvalue weighted by atomic mass is 10.0. The highest BCUT2D eigenvalue weighted by Crippen LogP contribution is 2.24. The molecule has 3 rings (SSSR count). The molecule has 0 spiro atoms. The Labute approximate surface area is 181 Å². The lowest BCUT2D eigenvalue weighted by Gasteiger charge is -2.26. The number of morpholine rings is 1. The van der Waals surface area contributed by atoms with Crippen LogP contribution in [-0.4, -0.2) is 50.7 Å². The number of hydrogen-bond donors (Lipinski definition) is 1. The van der Waals surface area contributed by atoms with Crippen LogP contribution in [0, 0.1) is 19.7 Å². The molecule has 1 heterocycles. The second-order valence-electron chi connectivity index (χ2n) is 7.43. The minimum Gasteiger partial charge on any atom is -0.379 e. The number of carbonyl (C=O) groups is 2. The maximum absolute atomic E-state index is 14.3. The second-order valence-corrected chi connectivity index (χ2v) is 9.34. The van der Waals surface area contributed by atoms with Gasteiger partial charge in [-0.1, -0.05) is 12.1 Å². The number of hydrogen-bond acceptors (Lipinski definition) is 5. The van der Waals surface area contributed by atoms with Crippen LogP contribution in [0.1, 0.15) is 34.3 Å². The third kappa shape index (κ3) is 5.55. The van der Waals surface area contributed by atoms with Crippen LogP contribution >= 0.6 is 0 Å². The smallest absolute Gasteiger partial charge is 0.246 e. The molecule has 0 radical (unpaired) electrons. The highest BCUT2D eigenvalue weighted by molar-refractivity contribution is 7.89. The Morgan fingerprint density at radius 2 is 1.74 bits per heavy atom. The minimum atomic E-state index is -4.05. The highest BCUT2D eigenvalue weighted by atomic mass is 32.2. The molecule has 1 aliphatic heterocycles. The molecular formula is C22H25FN2O5S. The summed E-state index contributed by atoms with van der Waals surface area (Å²) in [5.74, 6) is -1.51. The van der Waals surface area contributed by atoms with E-state index in [0.717, 1.165) is 27.6 Å². The van der Waals surface area contributed by atoms with E-state index < -0.39 is 26.6 Å². The second kappa shape index (κ2) is 9.67. The zero-order chi connectivity index (χ0) is 22.6. The van der Waals surface area contributed by atoms with Crippen molar-refractivity contribution >= 4 is 27.4 Å². The number of amides is 1. The molecule has 0 aliphatic carbocycles. The van der Waals surface area contributed by atoms with Crippen molar-refractivity contribution in [2.75, 3.05) is 31.6 Å². The molecule has 2 aromatic rings. The van der Waals surface area contributed by atoms with Gasteiger partial charge in [-0.15, -0.1) is 0 Å². The van der Waals surface area contributed by atoms with Gasteiger partial charge in [-0.25, -0.2) is 12.8 Å². The van der Waals surface area contributed by atoms with Gasteiger partial charge in [-0.3, -0.25) is 9.59 Å². The number of sulfonamides is 1. The van der Waals surface area contributed by atoms with Crippen LogP contribution in [0.5, 0.6) is 0 Å². The van der Waals surface area contributed by atoms with Crippen molar-refractivity contribution in [1.29, 1.82) is 0 Å². The molecule has 9 heteroatoms. The lowest BCUT2D eigenvalue weighted by Crippen LogP contribution is -2.40. The number of Topliss-reactive ketones (excluding diaryl/α,β-unsaturated/α-hetero) is 1. The molecule has 0 bridgehead atoms. The third-order valence-electron chi connectivity index (χ3n) is 5.21. The summed E-state index contributed by atoms with van der Waals surface area (Å²) < 4.78 is 46.0. The van der Waals surface area contributed by atoms with Crippen LogP contribution in [0.4, 0.5) is 10.1 Å². The number of halogens is 1. The van der Waals surface area contributed by atoms with Crippen molar-refractivity contribution in [1.82, 2.24) is 4.31 Å². The molecule has 1 fully saturated rings. The van der Waals surface area contributed by atoms with Crippen molar-refractivity contribution < 1.29 is 27.1 Å². The maximum atomic E-state index is 14.3. The van der Waals surface area contributed by atoms with Crippen molar-refractivity contribution in [2.24, 2.45) is 0 Å². The predicted octanol–water partition coefficient (Wildman–Crippen LogP) is 3.07. The minimum absolute atomic E-state index is 0.00840. The SMILES string of the molecule is Cc1ccc(C(=O)CCC(=O)Nc2ccc(F)c(S(=O)(=O)N3CCOCC3)c2)cc1C. The van der Waals surface area contributed by atoms with Gasteiger partial charge in [-0.05, 0) is 49.2 Å². The number of benzene rings is 2. The first-order valence-corrected chi connectivity index (χ1v) is 11.4. The lowest BCUT2D eigenvalue weighted by molar-refractivity contribution is -0.116. The zero-order valence-corrected chi connectivity index (χ0v) is 18.3. The summed E-state index contributed by atoms with van der Waals surface area (Å²) in [6.45, 7) is 4.62. The fraction of sp³-hybridized carbons (Fsp3) is 0.364. The fourth-order valence-corrected chi connectivity index (χ4v) is 4.71. The first-order chi connectivity index (χ1) is 14.7. The molecule has 31 heavy (non-hydrogen) atoms. The summed E-state index contributed by atoms with van der Waals surface area (Å²) in [6.07, 6.45) is -0.0663. The van der Waals surface area contributed by atoms with Gasteiger partial charge in [0.1, 0.15) is 10.7 Å². The van der Waals surface area contributed by atoms with Crippen LogP contribution in [0.25, 0.3) is 0 Å². The van der Waals surface area contributed by atoms with Gasteiger partial charge in [0, 0.05) is 37.2 Å². The van der Waals surface area contributed by atoms with Crippen molar-refractivity contribution in [3.63, 3.8) is 0 Å². The molecule has 1 saturated heterocycles. The van der Waals surface area contributed by atoms with E-state index in [2.05, 4.69) is 5.32 Å². The van der Waals surface area contributed by atoms with E-state index in [0.29, 0.717) is 5.56 Å². The quantitative estimate of drug-likeness (QED) is 0.657. The molecule has 0 unspecified atom stereocenters. The summed E-state index contributed by atoms with van der Waals surface area (Å²) in [6, 6.07) is 8.77. The normalized spacial score (nSPS) is 14.9. The van der Waals surface area contributed by atoms with Gasteiger partial charge in [0.25, 0.3) is 0 Å². The highest BCUT2D eigenvalue weighted by Gasteiger charge is 2.29. The molecule has 166 valence electrons. The number of nitrogens with zero attached hydrogens (tertiary/aromatic N) is 1. The molecule has 7 nitrogen and oxygen atoms in total. The van der Waals surface area contributed by atoms with Crippen molar-refractivity contribution in [3.05, 3.63) is 58.9 Å². The number of ketones is 1. The maximum Gasteiger partial charge on any atom is 0.246 e. The first kappa shape index (κ1) is 23.1. The van der Waals surface area contributed by atoms with Crippen LogP contribution in [0.3, 0.4) is 0 Å². The van der Waals surface area contributed by atoms with Gasteiger partial charge in [0.15, 0.2) is 5.78 Å². The summed E-state index contributed by atoms with van der Waals surface area (Å²) in [7, 11) is -4.05. The standard InChI is InChI=1S/C22H25FN2O5S/c1-15-3-4-17(13-16(15)2)20(26)7-8-22(27)24-18-5-6-19(23)21(14-18)31(28,29)25-9-11-30-12-10-25/h3-6,13-14H,7-12H2,1-2H3,(H,24,27). The fourth-order valence-electron chi connectivity index (χ4n) is 3.21. The molecular weight excluding hydrogens is 423 g/mol. The predicted molar refractivity (Wildman–Crippen MR) is 114 cm³/mol. The average molecular weight is 449 g/mol. The molecule has 0 saturated carbocycles. The number of nitrogens with one attached hydrogen (secondary N) is 1. The van der Waals surface area contributed by atoms with E-state index in [4.69, 9.17) is 4.74 Å². The van der Waals surface area contributed by atoms with Crippen LogP contribution in [-0.2, 0) is 19.6 Å². The molecule has 2 aromatic carbocycles. The van der Waals surface area contributed by atoms with Gasteiger partial charge in [-0.2, -0.15) is 4.31 Å². The summed E-state index contributed by atoms with van der Waals surface area (Å²) in [4.78, 5) is 24.1. The molecule has 0 atom stereocenters. The number of ether oxygens (including phenoxy) is 1. The summed E-state index contributed by atoms with van der Waals surface area (Å²) in [5, 5.41) is 2.55. The Balaban J connectivity index is 1.65. The van der Waals surface area contributed by atoms with E-state index in [1.165, 1.54) is 6.07 Å². The average Bonchev–Trinajstić information content (AvgIpc) is 2.75. The van der Waals surface area contributed by atoms with Gasteiger partial charge < -0.3 is 10.1 Å².